The van der Waals surface area contributed by atoms with Crippen LogP contribution in [0.1, 0.15) is 23.3 Å². The van der Waals surface area contributed by atoms with Crippen LogP contribution in [0.15, 0.2) is 49.1 Å². The average Bonchev–Trinajstić information content (AvgIpc) is 3.40. The Bertz CT molecular complexity index is 895. The van der Waals surface area contributed by atoms with Crippen molar-refractivity contribution in [2.75, 3.05) is 20.2 Å². The number of nitrogens with zero attached hydrogens (tertiary/aromatic N) is 4. The molecule has 0 aliphatic carbocycles. The lowest BCUT2D eigenvalue weighted by molar-refractivity contribution is 0.0677. The summed E-state index contributed by atoms with van der Waals surface area (Å²) in [5, 5.41) is 7.20. The van der Waals surface area contributed by atoms with Gasteiger partial charge in [-0.15, -0.1) is 0 Å². The number of likely N-dealkylation sites (tertiary alicyclic amines) is 1. The van der Waals surface area contributed by atoms with E-state index in [9.17, 15) is 4.79 Å². The number of carbonyl (C=O) groups excluding carboxylic acids is 1. The standard InChI is InChI=1S/C20H23N5O2/c1-27-17-4-2-3-16(11-17)18-12-19(23-22-18)20(26)25-8-5-15(6-9-25)13-24-10-7-21-14-24/h2-4,7,10-12,14-15H,5-6,8-9,13H2,1H3,(H,22,23). The number of carbonyl (C=O) groups is 1. The number of hydrogen-bond donors (Lipinski definition) is 1. The molecule has 1 aromatic carbocycles. The highest BCUT2D eigenvalue weighted by atomic mass is 16.5. The zero-order chi connectivity index (χ0) is 18.6. The summed E-state index contributed by atoms with van der Waals surface area (Å²) in [6, 6.07) is 9.47. The van der Waals surface area contributed by atoms with E-state index in [1.165, 1.54) is 0 Å². The molecule has 0 saturated carbocycles. The summed E-state index contributed by atoms with van der Waals surface area (Å²) < 4.78 is 7.36. The fourth-order valence-corrected chi connectivity index (χ4v) is 3.54. The quantitative estimate of drug-likeness (QED) is 0.754. The summed E-state index contributed by atoms with van der Waals surface area (Å²) >= 11 is 0. The van der Waals surface area contributed by atoms with Crippen LogP contribution in [0.2, 0.25) is 0 Å². The van der Waals surface area contributed by atoms with Crippen molar-refractivity contribution in [3.8, 4) is 17.0 Å². The van der Waals surface area contributed by atoms with Crippen LogP contribution in [0.25, 0.3) is 11.3 Å². The van der Waals surface area contributed by atoms with Gasteiger partial charge in [-0.1, -0.05) is 12.1 Å². The highest BCUT2D eigenvalue weighted by Crippen LogP contribution is 2.24. The van der Waals surface area contributed by atoms with Gasteiger partial charge in [0.05, 0.1) is 19.1 Å². The summed E-state index contributed by atoms with van der Waals surface area (Å²) in [5.41, 5.74) is 2.19. The molecule has 140 valence electrons. The molecule has 2 aromatic heterocycles. The van der Waals surface area contributed by atoms with E-state index in [0.717, 1.165) is 49.5 Å². The zero-order valence-electron chi connectivity index (χ0n) is 15.3. The fourth-order valence-electron chi connectivity index (χ4n) is 3.54. The number of methoxy groups -OCH3 is 1. The number of imidazole rings is 1. The van der Waals surface area contributed by atoms with Gasteiger partial charge in [0.1, 0.15) is 11.4 Å². The molecular weight excluding hydrogens is 342 g/mol. The van der Waals surface area contributed by atoms with Crippen LogP contribution in [-0.2, 0) is 6.54 Å². The third kappa shape index (κ3) is 3.86. The molecule has 0 atom stereocenters. The smallest absolute Gasteiger partial charge is 0.271 e. The second kappa shape index (κ2) is 7.65. The molecule has 4 rings (SSSR count). The van der Waals surface area contributed by atoms with E-state index >= 15 is 0 Å². The van der Waals surface area contributed by atoms with E-state index in [4.69, 9.17) is 4.74 Å². The van der Waals surface area contributed by atoms with Crippen molar-refractivity contribution in [3.05, 3.63) is 54.7 Å². The number of amides is 1. The summed E-state index contributed by atoms with van der Waals surface area (Å²) in [7, 11) is 1.63. The lowest BCUT2D eigenvalue weighted by Crippen LogP contribution is -2.39. The summed E-state index contributed by atoms with van der Waals surface area (Å²) in [6.07, 6.45) is 7.64. The third-order valence-electron chi connectivity index (χ3n) is 5.10. The van der Waals surface area contributed by atoms with Crippen LogP contribution in [-0.4, -0.2) is 50.8 Å². The van der Waals surface area contributed by atoms with E-state index in [1.54, 1.807) is 13.3 Å². The van der Waals surface area contributed by atoms with Crippen molar-refractivity contribution in [1.29, 1.82) is 0 Å². The topological polar surface area (TPSA) is 76.0 Å². The lowest BCUT2D eigenvalue weighted by Gasteiger charge is -2.31. The van der Waals surface area contributed by atoms with E-state index in [0.29, 0.717) is 11.6 Å². The van der Waals surface area contributed by atoms with Gasteiger partial charge in [-0.2, -0.15) is 5.10 Å². The van der Waals surface area contributed by atoms with Crippen molar-refractivity contribution < 1.29 is 9.53 Å². The number of benzene rings is 1. The number of H-pyrrole nitrogens is 1. The van der Waals surface area contributed by atoms with Crippen molar-refractivity contribution in [2.24, 2.45) is 5.92 Å². The van der Waals surface area contributed by atoms with Crippen LogP contribution in [0.4, 0.5) is 0 Å². The fraction of sp³-hybridized carbons (Fsp3) is 0.350. The van der Waals surface area contributed by atoms with Gasteiger partial charge >= 0.3 is 0 Å². The van der Waals surface area contributed by atoms with Gasteiger partial charge in [0, 0.05) is 37.6 Å². The summed E-state index contributed by atoms with van der Waals surface area (Å²) in [5.74, 6) is 1.36. The highest BCUT2D eigenvalue weighted by Gasteiger charge is 2.25. The van der Waals surface area contributed by atoms with Gasteiger partial charge < -0.3 is 14.2 Å². The Morgan fingerprint density at radius 1 is 1.30 bits per heavy atom. The minimum atomic E-state index is 0.0118. The average molecular weight is 365 g/mol. The van der Waals surface area contributed by atoms with E-state index in [2.05, 4.69) is 19.7 Å². The molecule has 7 nitrogen and oxygen atoms in total. The van der Waals surface area contributed by atoms with E-state index in [1.807, 2.05) is 47.8 Å². The molecule has 3 aromatic rings. The second-order valence-electron chi connectivity index (χ2n) is 6.89. The van der Waals surface area contributed by atoms with Gasteiger partial charge in [-0.05, 0) is 37.0 Å². The molecule has 0 spiro atoms. The van der Waals surface area contributed by atoms with Gasteiger partial charge in [-0.25, -0.2) is 4.98 Å². The van der Waals surface area contributed by atoms with Gasteiger partial charge in [0.15, 0.2) is 0 Å². The SMILES string of the molecule is COc1cccc(-c2cc(C(=O)N3CCC(Cn4ccnc4)CC3)[nH]n2)c1. The Kier molecular flexibility index (Phi) is 4.91. The van der Waals surface area contributed by atoms with Crippen molar-refractivity contribution in [1.82, 2.24) is 24.6 Å². The third-order valence-corrected chi connectivity index (χ3v) is 5.10. The van der Waals surface area contributed by atoms with Gasteiger partial charge in [0.2, 0.25) is 0 Å². The Morgan fingerprint density at radius 3 is 2.89 bits per heavy atom. The number of aromatic amines is 1. The molecular formula is C20H23N5O2. The Balaban J connectivity index is 1.38. The zero-order valence-corrected chi connectivity index (χ0v) is 15.3. The maximum Gasteiger partial charge on any atom is 0.271 e. The van der Waals surface area contributed by atoms with Crippen molar-refractivity contribution >= 4 is 5.91 Å². The molecule has 1 amide bonds. The number of rotatable bonds is 5. The normalized spacial score (nSPS) is 15.1. The monoisotopic (exact) mass is 365 g/mol. The maximum atomic E-state index is 12.8. The predicted molar refractivity (Wildman–Crippen MR) is 101 cm³/mol. The Hall–Kier alpha value is -3.09. The van der Waals surface area contributed by atoms with E-state index < -0.39 is 0 Å². The van der Waals surface area contributed by atoms with Crippen LogP contribution in [0, 0.1) is 5.92 Å². The van der Waals surface area contributed by atoms with Gasteiger partial charge in [0.25, 0.3) is 5.91 Å². The highest BCUT2D eigenvalue weighted by molar-refractivity contribution is 5.93. The minimum absolute atomic E-state index is 0.0118. The number of piperidine rings is 1. The Labute approximate surface area is 158 Å². The predicted octanol–water partition coefficient (Wildman–Crippen LogP) is 2.83. The van der Waals surface area contributed by atoms with Gasteiger partial charge in [-0.3, -0.25) is 9.89 Å². The molecule has 0 radical (unpaired) electrons. The molecule has 3 heterocycles. The minimum Gasteiger partial charge on any atom is -0.497 e. The van der Waals surface area contributed by atoms with E-state index in [-0.39, 0.29) is 5.91 Å². The second-order valence-corrected chi connectivity index (χ2v) is 6.89. The summed E-state index contributed by atoms with van der Waals surface area (Å²) in [4.78, 5) is 18.8. The molecule has 0 bridgehead atoms. The van der Waals surface area contributed by atoms with Crippen LogP contribution >= 0.6 is 0 Å². The summed E-state index contributed by atoms with van der Waals surface area (Å²) in [6.45, 7) is 2.50. The molecule has 1 N–H and O–H groups in total. The molecule has 1 aliphatic heterocycles. The van der Waals surface area contributed by atoms with Crippen LogP contribution < -0.4 is 4.74 Å². The number of aromatic nitrogens is 4. The molecule has 1 aliphatic rings. The molecule has 1 saturated heterocycles. The lowest BCUT2D eigenvalue weighted by atomic mass is 9.96. The van der Waals surface area contributed by atoms with Crippen LogP contribution in [0.5, 0.6) is 5.75 Å². The molecule has 7 heteroatoms. The number of nitrogens with one attached hydrogen (secondary N) is 1. The first-order chi connectivity index (χ1) is 13.2. The molecule has 0 unspecified atom stereocenters. The molecule has 27 heavy (non-hydrogen) atoms. The Morgan fingerprint density at radius 2 is 2.15 bits per heavy atom. The largest absolute Gasteiger partial charge is 0.497 e. The first-order valence-electron chi connectivity index (χ1n) is 9.18. The van der Waals surface area contributed by atoms with Crippen LogP contribution in [0.3, 0.4) is 0 Å². The maximum absolute atomic E-state index is 12.8. The van der Waals surface area contributed by atoms with Crippen molar-refractivity contribution in [3.63, 3.8) is 0 Å². The number of ether oxygens (including phenoxy) is 1. The molecule has 1 fully saturated rings. The first kappa shape index (κ1) is 17.3. The first-order valence-corrected chi connectivity index (χ1v) is 9.18. The number of hydrogen-bond acceptors (Lipinski definition) is 4. The van der Waals surface area contributed by atoms with Crippen molar-refractivity contribution in [2.45, 2.75) is 19.4 Å².